The number of rotatable bonds is 8. The summed E-state index contributed by atoms with van der Waals surface area (Å²) in [5.74, 6) is 0. The van der Waals surface area contributed by atoms with E-state index in [0.717, 1.165) is 32.6 Å². The molecule has 1 N–H and O–H groups in total. The third kappa shape index (κ3) is 5.29. The monoisotopic (exact) mass is 236 g/mol. The number of pyridine rings is 1. The Labute approximate surface area is 105 Å². The molecule has 3 heteroatoms. The minimum absolute atomic E-state index is 0.396. The lowest BCUT2D eigenvalue weighted by molar-refractivity contribution is 0.141. The molecule has 1 aromatic heterocycles. The standard InChI is InChI=1S/C14H24N2O/c1-4-16-14(7-6-8-17-5-2)13-9-12(3)10-15-11-13/h9-11,14,16H,4-8H2,1-3H3. The highest BCUT2D eigenvalue weighted by Gasteiger charge is 2.10. The summed E-state index contributed by atoms with van der Waals surface area (Å²) in [5.41, 5.74) is 2.50. The van der Waals surface area contributed by atoms with Crippen molar-refractivity contribution in [3.05, 3.63) is 29.6 Å². The molecule has 96 valence electrons. The van der Waals surface area contributed by atoms with Crippen molar-refractivity contribution >= 4 is 0 Å². The fraction of sp³-hybridized carbons (Fsp3) is 0.643. The van der Waals surface area contributed by atoms with Crippen molar-refractivity contribution in [1.29, 1.82) is 0 Å². The lowest BCUT2D eigenvalue weighted by Gasteiger charge is -2.18. The van der Waals surface area contributed by atoms with Crippen molar-refractivity contribution in [2.45, 2.75) is 39.7 Å². The van der Waals surface area contributed by atoms with E-state index in [2.05, 4.69) is 30.2 Å². The molecule has 1 atom stereocenters. The van der Waals surface area contributed by atoms with Gasteiger partial charge in [0.2, 0.25) is 0 Å². The SMILES string of the molecule is CCNC(CCCOCC)c1cncc(C)c1. The molecule has 0 radical (unpaired) electrons. The summed E-state index contributed by atoms with van der Waals surface area (Å²) in [6, 6.07) is 2.61. The number of nitrogens with one attached hydrogen (secondary N) is 1. The molecule has 3 nitrogen and oxygen atoms in total. The van der Waals surface area contributed by atoms with Gasteiger partial charge < -0.3 is 10.1 Å². The van der Waals surface area contributed by atoms with Gasteiger partial charge in [-0.05, 0) is 44.4 Å². The van der Waals surface area contributed by atoms with Crippen LogP contribution in [0, 0.1) is 6.92 Å². The maximum absolute atomic E-state index is 5.38. The fourth-order valence-electron chi connectivity index (χ4n) is 1.94. The van der Waals surface area contributed by atoms with Gasteiger partial charge in [0.15, 0.2) is 0 Å². The van der Waals surface area contributed by atoms with Crippen LogP contribution in [0.5, 0.6) is 0 Å². The fourth-order valence-corrected chi connectivity index (χ4v) is 1.94. The molecule has 1 unspecified atom stereocenters. The smallest absolute Gasteiger partial charge is 0.0466 e. The molecule has 0 fully saturated rings. The second-order valence-corrected chi connectivity index (χ2v) is 4.25. The van der Waals surface area contributed by atoms with Gasteiger partial charge in [-0.15, -0.1) is 0 Å². The van der Waals surface area contributed by atoms with Crippen molar-refractivity contribution in [1.82, 2.24) is 10.3 Å². The van der Waals surface area contributed by atoms with Crippen LogP contribution in [-0.2, 0) is 4.74 Å². The first-order valence-corrected chi connectivity index (χ1v) is 6.50. The quantitative estimate of drug-likeness (QED) is 0.705. The molecule has 1 heterocycles. The van der Waals surface area contributed by atoms with Gasteiger partial charge in [-0.2, -0.15) is 0 Å². The van der Waals surface area contributed by atoms with E-state index in [4.69, 9.17) is 4.74 Å². The van der Waals surface area contributed by atoms with E-state index >= 15 is 0 Å². The van der Waals surface area contributed by atoms with Crippen LogP contribution in [-0.4, -0.2) is 24.7 Å². The summed E-state index contributed by atoms with van der Waals surface area (Å²) in [6.07, 6.45) is 6.03. The zero-order valence-corrected chi connectivity index (χ0v) is 11.2. The highest BCUT2D eigenvalue weighted by Crippen LogP contribution is 2.18. The number of hydrogen-bond acceptors (Lipinski definition) is 3. The molecule has 1 aromatic rings. The number of ether oxygens (including phenoxy) is 1. The normalized spacial score (nSPS) is 12.6. The number of hydrogen-bond donors (Lipinski definition) is 1. The van der Waals surface area contributed by atoms with Crippen LogP contribution in [0.1, 0.15) is 43.9 Å². The Morgan fingerprint density at radius 3 is 2.82 bits per heavy atom. The zero-order valence-electron chi connectivity index (χ0n) is 11.2. The van der Waals surface area contributed by atoms with Crippen molar-refractivity contribution in [3.8, 4) is 0 Å². The van der Waals surface area contributed by atoms with Crippen LogP contribution in [0.4, 0.5) is 0 Å². The molecule has 0 spiro atoms. The highest BCUT2D eigenvalue weighted by molar-refractivity contribution is 5.20. The second-order valence-electron chi connectivity index (χ2n) is 4.25. The average molecular weight is 236 g/mol. The van der Waals surface area contributed by atoms with Crippen LogP contribution in [0.3, 0.4) is 0 Å². The summed E-state index contributed by atoms with van der Waals surface area (Å²) in [6.45, 7) is 8.88. The zero-order chi connectivity index (χ0) is 12.5. The summed E-state index contributed by atoms with van der Waals surface area (Å²) in [4.78, 5) is 4.26. The van der Waals surface area contributed by atoms with Gasteiger partial charge in [0, 0.05) is 31.6 Å². The Morgan fingerprint density at radius 1 is 1.35 bits per heavy atom. The number of aryl methyl sites for hydroxylation is 1. The average Bonchev–Trinajstić information content (AvgIpc) is 2.33. The van der Waals surface area contributed by atoms with Crippen LogP contribution >= 0.6 is 0 Å². The van der Waals surface area contributed by atoms with E-state index < -0.39 is 0 Å². The summed E-state index contributed by atoms with van der Waals surface area (Å²) < 4.78 is 5.38. The van der Waals surface area contributed by atoms with E-state index in [-0.39, 0.29) is 0 Å². The van der Waals surface area contributed by atoms with E-state index in [0.29, 0.717) is 6.04 Å². The molecular formula is C14H24N2O. The maximum Gasteiger partial charge on any atom is 0.0466 e. The minimum atomic E-state index is 0.396. The van der Waals surface area contributed by atoms with Gasteiger partial charge in [0.05, 0.1) is 0 Å². The van der Waals surface area contributed by atoms with Gasteiger partial charge in [-0.3, -0.25) is 4.98 Å². The highest BCUT2D eigenvalue weighted by atomic mass is 16.5. The molecule has 0 aliphatic carbocycles. The van der Waals surface area contributed by atoms with Crippen molar-refractivity contribution in [2.75, 3.05) is 19.8 Å². The topological polar surface area (TPSA) is 34.1 Å². The summed E-state index contributed by atoms with van der Waals surface area (Å²) in [5, 5.41) is 3.51. The molecular weight excluding hydrogens is 212 g/mol. The Kier molecular flexibility index (Phi) is 6.82. The molecule has 0 bridgehead atoms. The van der Waals surface area contributed by atoms with Gasteiger partial charge in [0.25, 0.3) is 0 Å². The Balaban J connectivity index is 2.52. The van der Waals surface area contributed by atoms with E-state index in [1.165, 1.54) is 11.1 Å². The van der Waals surface area contributed by atoms with Gasteiger partial charge in [-0.25, -0.2) is 0 Å². The molecule has 0 saturated carbocycles. The largest absolute Gasteiger partial charge is 0.382 e. The first-order valence-electron chi connectivity index (χ1n) is 6.50. The first kappa shape index (κ1) is 14.1. The van der Waals surface area contributed by atoms with Crippen LogP contribution < -0.4 is 5.32 Å². The molecule has 1 rings (SSSR count). The maximum atomic E-state index is 5.38. The molecule has 0 amide bonds. The molecule has 0 aromatic carbocycles. The Bertz CT molecular complexity index is 315. The third-order valence-electron chi connectivity index (χ3n) is 2.73. The van der Waals surface area contributed by atoms with E-state index in [1.807, 2.05) is 19.3 Å². The molecule has 17 heavy (non-hydrogen) atoms. The van der Waals surface area contributed by atoms with Gasteiger partial charge in [-0.1, -0.05) is 13.0 Å². The second kappa shape index (κ2) is 8.20. The predicted molar refractivity (Wildman–Crippen MR) is 71.1 cm³/mol. The van der Waals surface area contributed by atoms with Crippen LogP contribution in [0.15, 0.2) is 18.5 Å². The Morgan fingerprint density at radius 2 is 2.18 bits per heavy atom. The molecule has 0 aliphatic heterocycles. The predicted octanol–water partition coefficient (Wildman–Crippen LogP) is 2.86. The lowest BCUT2D eigenvalue weighted by Crippen LogP contribution is -2.21. The summed E-state index contributed by atoms with van der Waals surface area (Å²) >= 11 is 0. The van der Waals surface area contributed by atoms with Gasteiger partial charge in [0.1, 0.15) is 0 Å². The van der Waals surface area contributed by atoms with Crippen molar-refractivity contribution in [2.24, 2.45) is 0 Å². The van der Waals surface area contributed by atoms with E-state index in [9.17, 15) is 0 Å². The van der Waals surface area contributed by atoms with Crippen molar-refractivity contribution in [3.63, 3.8) is 0 Å². The first-order chi connectivity index (χ1) is 8.27. The van der Waals surface area contributed by atoms with Crippen LogP contribution in [0.25, 0.3) is 0 Å². The van der Waals surface area contributed by atoms with Gasteiger partial charge >= 0.3 is 0 Å². The van der Waals surface area contributed by atoms with Crippen LogP contribution in [0.2, 0.25) is 0 Å². The minimum Gasteiger partial charge on any atom is -0.382 e. The summed E-state index contributed by atoms with van der Waals surface area (Å²) in [7, 11) is 0. The Hall–Kier alpha value is -0.930. The lowest BCUT2D eigenvalue weighted by atomic mass is 10.0. The number of nitrogens with zero attached hydrogens (tertiary/aromatic N) is 1. The van der Waals surface area contributed by atoms with E-state index in [1.54, 1.807) is 0 Å². The molecule has 0 aliphatic rings. The molecule has 0 saturated heterocycles. The number of aromatic nitrogens is 1. The van der Waals surface area contributed by atoms with Crippen molar-refractivity contribution < 1.29 is 4.74 Å². The third-order valence-corrected chi connectivity index (χ3v) is 2.73.